The Morgan fingerprint density at radius 2 is 1.95 bits per heavy atom. The second-order valence-electron chi connectivity index (χ2n) is 5.98. The van der Waals surface area contributed by atoms with Gasteiger partial charge in [0.1, 0.15) is 5.75 Å². The zero-order valence-electron chi connectivity index (χ0n) is 13.5. The molecule has 1 heterocycles. The Labute approximate surface area is 126 Å². The van der Waals surface area contributed by atoms with Gasteiger partial charge in [-0.15, -0.1) is 0 Å². The van der Waals surface area contributed by atoms with E-state index in [9.17, 15) is 9.90 Å². The van der Waals surface area contributed by atoms with E-state index in [2.05, 4.69) is 6.92 Å². The molecule has 4 nitrogen and oxygen atoms in total. The molecule has 116 valence electrons. The summed E-state index contributed by atoms with van der Waals surface area (Å²) in [5.74, 6) is 0.315. The van der Waals surface area contributed by atoms with Crippen LogP contribution in [0.5, 0.6) is 5.75 Å². The second-order valence-corrected chi connectivity index (χ2v) is 5.98. The van der Waals surface area contributed by atoms with Crippen LogP contribution in [-0.4, -0.2) is 29.8 Å². The van der Waals surface area contributed by atoms with Crippen molar-refractivity contribution in [3.05, 3.63) is 23.8 Å². The second kappa shape index (κ2) is 6.06. The molecule has 1 N–H and O–H groups in total. The van der Waals surface area contributed by atoms with Crippen LogP contribution in [0.2, 0.25) is 0 Å². The number of phenolic OH excluding ortho intramolecular Hbond substituents is 1. The molecule has 4 unspecified atom stereocenters. The molecule has 0 saturated carbocycles. The van der Waals surface area contributed by atoms with Crippen molar-refractivity contribution < 1.29 is 14.6 Å². The SMILES string of the molecule is CCN(C(=O)C1C(C)OC(C)C1C)c1cc(O)ccc1C. The number of aromatic hydroxyl groups is 1. The highest BCUT2D eigenvalue weighted by molar-refractivity contribution is 5.96. The van der Waals surface area contributed by atoms with Crippen LogP contribution in [-0.2, 0) is 9.53 Å². The molecule has 1 aliphatic rings. The molecule has 1 saturated heterocycles. The molecule has 0 aliphatic carbocycles. The predicted octanol–water partition coefficient (Wildman–Crippen LogP) is 3.11. The van der Waals surface area contributed by atoms with Crippen molar-refractivity contribution in [3.63, 3.8) is 0 Å². The molecule has 0 aromatic heterocycles. The van der Waals surface area contributed by atoms with Crippen molar-refractivity contribution in [2.45, 2.75) is 46.8 Å². The van der Waals surface area contributed by atoms with Gasteiger partial charge in [0.05, 0.1) is 23.8 Å². The summed E-state index contributed by atoms with van der Waals surface area (Å²) >= 11 is 0. The monoisotopic (exact) mass is 291 g/mol. The molecule has 1 aromatic carbocycles. The molecule has 1 aliphatic heterocycles. The lowest BCUT2D eigenvalue weighted by Gasteiger charge is -2.28. The lowest BCUT2D eigenvalue weighted by molar-refractivity contribution is -0.124. The smallest absolute Gasteiger partial charge is 0.233 e. The molecule has 4 heteroatoms. The molecule has 21 heavy (non-hydrogen) atoms. The summed E-state index contributed by atoms with van der Waals surface area (Å²) < 4.78 is 5.79. The highest BCUT2D eigenvalue weighted by atomic mass is 16.5. The normalized spacial score (nSPS) is 28.6. The predicted molar refractivity (Wildman–Crippen MR) is 83.5 cm³/mol. The van der Waals surface area contributed by atoms with Gasteiger partial charge in [-0.25, -0.2) is 0 Å². The maximum atomic E-state index is 13.0. The van der Waals surface area contributed by atoms with Crippen molar-refractivity contribution in [3.8, 4) is 5.75 Å². The first-order valence-corrected chi connectivity index (χ1v) is 7.63. The average Bonchev–Trinajstić information content (AvgIpc) is 2.68. The lowest BCUT2D eigenvalue weighted by Crippen LogP contribution is -2.41. The van der Waals surface area contributed by atoms with E-state index >= 15 is 0 Å². The summed E-state index contributed by atoms with van der Waals surface area (Å²) in [6, 6.07) is 5.13. The van der Waals surface area contributed by atoms with Crippen molar-refractivity contribution in [2.24, 2.45) is 11.8 Å². The number of anilines is 1. The molecule has 0 radical (unpaired) electrons. The number of phenols is 1. The molecule has 0 bridgehead atoms. The first kappa shape index (κ1) is 15.8. The van der Waals surface area contributed by atoms with Crippen LogP contribution < -0.4 is 4.90 Å². The number of carbonyl (C=O) groups excluding carboxylic acids is 1. The Bertz CT molecular complexity index is 529. The molecular weight excluding hydrogens is 266 g/mol. The minimum absolute atomic E-state index is 0.0748. The van der Waals surface area contributed by atoms with Gasteiger partial charge in [-0.05, 0) is 45.2 Å². The van der Waals surface area contributed by atoms with Gasteiger partial charge in [0, 0.05) is 12.6 Å². The van der Waals surface area contributed by atoms with E-state index in [1.165, 1.54) is 0 Å². The van der Waals surface area contributed by atoms with Crippen LogP contribution in [0.1, 0.15) is 33.3 Å². The maximum absolute atomic E-state index is 13.0. The number of carbonyl (C=O) groups is 1. The van der Waals surface area contributed by atoms with Crippen LogP contribution in [0.15, 0.2) is 18.2 Å². The molecule has 2 rings (SSSR count). The molecule has 0 spiro atoms. The van der Waals surface area contributed by atoms with E-state index in [0.717, 1.165) is 11.3 Å². The number of benzene rings is 1. The van der Waals surface area contributed by atoms with Crippen LogP contribution in [0.3, 0.4) is 0 Å². The summed E-state index contributed by atoms with van der Waals surface area (Å²) in [5.41, 5.74) is 1.76. The number of rotatable bonds is 3. The molecule has 1 amide bonds. The van der Waals surface area contributed by atoms with Gasteiger partial charge < -0.3 is 14.7 Å². The van der Waals surface area contributed by atoms with Gasteiger partial charge in [0.2, 0.25) is 5.91 Å². The van der Waals surface area contributed by atoms with Crippen molar-refractivity contribution in [1.82, 2.24) is 0 Å². The van der Waals surface area contributed by atoms with E-state index in [-0.39, 0.29) is 35.7 Å². The Kier molecular flexibility index (Phi) is 4.57. The maximum Gasteiger partial charge on any atom is 0.233 e. The number of nitrogens with zero attached hydrogens (tertiary/aromatic N) is 1. The van der Waals surface area contributed by atoms with Crippen LogP contribution >= 0.6 is 0 Å². The summed E-state index contributed by atoms with van der Waals surface area (Å²) in [6.45, 7) is 10.5. The van der Waals surface area contributed by atoms with E-state index in [1.54, 1.807) is 17.0 Å². The largest absolute Gasteiger partial charge is 0.508 e. The van der Waals surface area contributed by atoms with E-state index in [4.69, 9.17) is 4.74 Å². The van der Waals surface area contributed by atoms with Crippen molar-refractivity contribution >= 4 is 11.6 Å². The van der Waals surface area contributed by atoms with Crippen molar-refractivity contribution in [2.75, 3.05) is 11.4 Å². The Balaban J connectivity index is 2.33. The number of aryl methyl sites for hydroxylation is 1. The molecule has 1 aromatic rings. The Morgan fingerprint density at radius 3 is 2.48 bits per heavy atom. The first-order chi connectivity index (χ1) is 9.86. The fourth-order valence-electron chi connectivity index (χ4n) is 3.21. The number of hydrogen-bond acceptors (Lipinski definition) is 3. The number of hydrogen-bond donors (Lipinski definition) is 1. The van der Waals surface area contributed by atoms with Crippen LogP contribution in [0.25, 0.3) is 0 Å². The molecule has 4 atom stereocenters. The topological polar surface area (TPSA) is 49.8 Å². The van der Waals surface area contributed by atoms with Gasteiger partial charge in [-0.3, -0.25) is 4.79 Å². The third-order valence-corrected chi connectivity index (χ3v) is 4.59. The summed E-state index contributed by atoms with van der Waals surface area (Å²) in [7, 11) is 0. The quantitative estimate of drug-likeness (QED) is 0.931. The minimum Gasteiger partial charge on any atom is -0.508 e. The average molecular weight is 291 g/mol. The molecular formula is C17H25NO3. The fourth-order valence-corrected chi connectivity index (χ4v) is 3.21. The van der Waals surface area contributed by atoms with Crippen LogP contribution in [0.4, 0.5) is 5.69 Å². The fraction of sp³-hybridized carbons (Fsp3) is 0.588. The van der Waals surface area contributed by atoms with Crippen LogP contribution in [0, 0.1) is 18.8 Å². The van der Waals surface area contributed by atoms with Crippen molar-refractivity contribution in [1.29, 1.82) is 0 Å². The Hall–Kier alpha value is -1.55. The lowest BCUT2D eigenvalue weighted by atomic mass is 9.88. The van der Waals surface area contributed by atoms with Gasteiger partial charge in [-0.1, -0.05) is 13.0 Å². The highest BCUT2D eigenvalue weighted by Gasteiger charge is 2.43. The van der Waals surface area contributed by atoms with Gasteiger partial charge >= 0.3 is 0 Å². The van der Waals surface area contributed by atoms with E-state index in [0.29, 0.717) is 6.54 Å². The third-order valence-electron chi connectivity index (χ3n) is 4.59. The molecule has 1 fully saturated rings. The summed E-state index contributed by atoms with van der Waals surface area (Å²) in [4.78, 5) is 14.7. The minimum atomic E-state index is -0.137. The van der Waals surface area contributed by atoms with Gasteiger partial charge in [-0.2, -0.15) is 0 Å². The summed E-state index contributed by atoms with van der Waals surface area (Å²) in [5, 5.41) is 9.71. The Morgan fingerprint density at radius 1 is 1.29 bits per heavy atom. The zero-order valence-corrected chi connectivity index (χ0v) is 13.5. The number of ether oxygens (including phenoxy) is 1. The summed E-state index contributed by atoms with van der Waals surface area (Å²) in [6.07, 6.45) is 0.0205. The van der Waals surface area contributed by atoms with E-state index in [1.807, 2.05) is 33.8 Å². The van der Waals surface area contributed by atoms with Gasteiger partial charge in [0.15, 0.2) is 0 Å². The number of amides is 1. The standard InChI is InChI=1S/C17H25NO3/c1-6-18(15-9-14(19)8-7-10(15)2)17(20)16-11(3)12(4)21-13(16)5/h7-9,11-13,16,19H,6H2,1-5H3. The highest BCUT2D eigenvalue weighted by Crippen LogP contribution is 2.35. The zero-order chi connectivity index (χ0) is 15.7. The first-order valence-electron chi connectivity index (χ1n) is 7.63. The third kappa shape index (κ3) is 2.91. The van der Waals surface area contributed by atoms with Gasteiger partial charge in [0.25, 0.3) is 0 Å². The van der Waals surface area contributed by atoms with E-state index < -0.39 is 0 Å².